The number of oxime groups is 1. The quantitative estimate of drug-likeness (QED) is 0.251. The number of urea groups is 1. The molecule has 9 heteroatoms. The van der Waals surface area contributed by atoms with Crippen molar-refractivity contribution in [3.05, 3.63) is 24.9 Å². The van der Waals surface area contributed by atoms with Crippen LogP contribution in [-0.4, -0.2) is 54.3 Å². The van der Waals surface area contributed by atoms with Gasteiger partial charge in [-0.05, 0) is 6.42 Å². The Morgan fingerprint density at radius 3 is 2.85 bits per heavy atom. The highest BCUT2D eigenvalue weighted by molar-refractivity contribution is 6.03. The van der Waals surface area contributed by atoms with Crippen LogP contribution in [0.25, 0.3) is 0 Å². The lowest BCUT2D eigenvalue weighted by molar-refractivity contribution is -0.831. The van der Waals surface area contributed by atoms with Crippen molar-refractivity contribution in [2.45, 2.75) is 39.0 Å². The summed E-state index contributed by atoms with van der Waals surface area (Å²) in [6, 6.07) is -0.361. The SMILES string of the molecule is C=CC(=O)OC[C@@H]1CC[C@H]([N+]2(C)C=CC(=NOC(=O)C(C)C)NC2=O)O1. The van der Waals surface area contributed by atoms with Gasteiger partial charge in [0.15, 0.2) is 5.84 Å². The third-order valence-electron chi connectivity index (χ3n) is 4.18. The van der Waals surface area contributed by atoms with Crippen LogP contribution in [0.4, 0.5) is 4.79 Å². The molecule has 2 rings (SSSR count). The van der Waals surface area contributed by atoms with Crippen molar-refractivity contribution >= 4 is 23.8 Å². The molecule has 1 N–H and O–H groups in total. The number of hydrogen-bond acceptors (Lipinski definition) is 7. The predicted octanol–water partition coefficient (Wildman–Crippen LogP) is 1.42. The van der Waals surface area contributed by atoms with Crippen molar-refractivity contribution in [2.75, 3.05) is 13.7 Å². The van der Waals surface area contributed by atoms with Crippen LogP contribution in [0.15, 0.2) is 30.1 Å². The number of quaternary nitrogens is 1. The maximum atomic E-state index is 12.5. The van der Waals surface area contributed by atoms with E-state index in [1.807, 2.05) is 0 Å². The molecule has 2 aliphatic heterocycles. The van der Waals surface area contributed by atoms with Gasteiger partial charge in [0.1, 0.15) is 12.8 Å². The summed E-state index contributed by atoms with van der Waals surface area (Å²) < 4.78 is 10.7. The first-order valence-corrected chi connectivity index (χ1v) is 8.36. The van der Waals surface area contributed by atoms with Crippen LogP contribution in [0.3, 0.4) is 0 Å². The van der Waals surface area contributed by atoms with Crippen LogP contribution in [0.5, 0.6) is 0 Å². The number of nitrogens with zero attached hydrogens (tertiary/aromatic N) is 2. The molecule has 2 heterocycles. The summed E-state index contributed by atoms with van der Waals surface area (Å²) in [6.07, 6.45) is 4.87. The number of rotatable bonds is 6. The topological polar surface area (TPSA) is 103 Å². The fraction of sp³-hybridized carbons (Fsp3) is 0.529. The molecule has 1 unspecified atom stereocenters. The van der Waals surface area contributed by atoms with Gasteiger partial charge in [0.2, 0.25) is 6.23 Å². The first-order chi connectivity index (χ1) is 12.3. The number of hydrogen-bond donors (Lipinski definition) is 1. The van der Waals surface area contributed by atoms with E-state index >= 15 is 0 Å². The molecule has 142 valence electrons. The summed E-state index contributed by atoms with van der Waals surface area (Å²) in [6.45, 7) is 6.82. The molecule has 1 fully saturated rings. The van der Waals surface area contributed by atoms with Crippen molar-refractivity contribution in [3.8, 4) is 0 Å². The first kappa shape index (κ1) is 19.8. The molecule has 0 aromatic carbocycles. The molecule has 0 aliphatic carbocycles. The zero-order valence-corrected chi connectivity index (χ0v) is 15.1. The van der Waals surface area contributed by atoms with E-state index in [1.165, 1.54) is 0 Å². The van der Waals surface area contributed by atoms with Crippen LogP contribution >= 0.6 is 0 Å². The van der Waals surface area contributed by atoms with Gasteiger partial charge in [-0.1, -0.05) is 25.6 Å². The van der Waals surface area contributed by atoms with Gasteiger partial charge >= 0.3 is 18.0 Å². The van der Waals surface area contributed by atoms with Crippen LogP contribution in [-0.2, 0) is 23.9 Å². The van der Waals surface area contributed by atoms with Crippen molar-refractivity contribution in [1.82, 2.24) is 5.32 Å². The summed E-state index contributed by atoms with van der Waals surface area (Å²) in [5, 5.41) is 6.24. The summed E-state index contributed by atoms with van der Waals surface area (Å²) in [5.74, 6) is -1.17. The Bertz CT molecular complexity index is 657. The minimum Gasteiger partial charge on any atom is -0.460 e. The summed E-state index contributed by atoms with van der Waals surface area (Å²) in [7, 11) is 1.70. The molecular formula is C17H24N3O6+. The van der Waals surface area contributed by atoms with Crippen LogP contribution in [0.1, 0.15) is 26.7 Å². The minimum absolute atomic E-state index is 0.116. The highest BCUT2D eigenvalue weighted by atomic mass is 16.7. The van der Waals surface area contributed by atoms with Gasteiger partial charge in [0, 0.05) is 18.6 Å². The largest absolute Gasteiger partial charge is 0.460 e. The van der Waals surface area contributed by atoms with Gasteiger partial charge in [-0.15, -0.1) is 0 Å². The van der Waals surface area contributed by atoms with Gasteiger partial charge in [-0.2, -0.15) is 4.48 Å². The van der Waals surface area contributed by atoms with Gasteiger partial charge < -0.3 is 14.3 Å². The van der Waals surface area contributed by atoms with E-state index in [4.69, 9.17) is 14.3 Å². The van der Waals surface area contributed by atoms with E-state index in [2.05, 4.69) is 17.1 Å². The Balaban J connectivity index is 1.97. The van der Waals surface area contributed by atoms with Gasteiger partial charge in [-0.3, -0.25) is 5.32 Å². The number of esters is 1. The number of amidine groups is 1. The van der Waals surface area contributed by atoms with Crippen LogP contribution < -0.4 is 5.32 Å². The number of carbonyl (C=O) groups is 3. The van der Waals surface area contributed by atoms with Gasteiger partial charge in [-0.25, -0.2) is 14.4 Å². The van der Waals surface area contributed by atoms with Crippen molar-refractivity contribution in [1.29, 1.82) is 0 Å². The summed E-state index contributed by atoms with van der Waals surface area (Å²) in [4.78, 5) is 39.8. The van der Waals surface area contributed by atoms with E-state index in [0.29, 0.717) is 12.8 Å². The molecule has 26 heavy (non-hydrogen) atoms. The smallest absolute Gasteiger partial charge is 0.428 e. The highest BCUT2D eigenvalue weighted by Gasteiger charge is 2.46. The van der Waals surface area contributed by atoms with E-state index in [1.54, 1.807) is 33.2 Å². The molecule has 0 saturated carbocycles. The third kappa shape index (κ3) is 4.55. The fourth-order valence-corrected chi connectivity index (χ4v) is 2.48. The molecule has 3 atom stereocenters. The summed E-state index contributed by atoms with van der Waals surface area (Å²) >= 11 is 0. The van der Waals surface area contributed by atoms with E-state index in [9.17, 15) is 14.4 Å². The molecule has 1 saturated heterocycles. The predicted molar refractivity (Wildman–Crippen MR) is 91.3 cm³/mol. The maximum Gasteiger partial charge on any atom is 0.428 e. The Morgan fingerprint density at radius 2 is 2.23 bits per heavy atom. The van der Waals surface area contributed by atoms with E-state index in [-0.39, 0.29) is 35.0 Å². The van der Waals surface area contributed by atoms with Crippen LogP contribution in [0, 0.1) is 5.92 Å². The Morgan fingerprint density at radius 1 is 1.50 bits per heavy atom. The third-order valence-corrected chi connectivity index (χ3v) is 4.18. The maximum absolute atomic E-state index is 12.5. The zero-order valence-electron chi connectivity index (χ0n) is 15.1. The van der Waals surface area contributed by atoms with Gasteiger partial charge in [0.25, 0.3) is 0 Å². The molecule has 0 radical (unpaired) electrons. The Labute approximate surface area is 151 Å². The lowest BCUT2D eigenvalue weighted by Crippen LogP contribution is -2.60. The molecule has 0 bridgehead atoms. The Kier molecular flexibility index (Phi) is 6.27. The van der Waals surface area contributed by atoms with Gasteiger partial charge in [0.05, 0.1) is 19.1 Å². The first-order valence-electron chi connectivity index (χ1n) is 8.36. The number of nitrogens with one attached hydrogen (secondary N) is 1. The normalized spacial score (nSPS) is 29.5. The van der Waals surface area contributed by atoms with E-state index < -0.39 is 18.2 Å². The minimum atomic E-state index is -0.509. The second-order valence-corrected chi connectivity index (χ2v) is 6.56. The monoisotopic (exact) mass is 366 g/mol. The molecule has 2 aliphatic rings. The van der Waals surface area contributed by atoms with E-state index in [0.717, 1.165) is 6.08 Å². The average molecular weight is 366 g/mol. The zero-order chi connectivity index (χ0) is 19.3. The number of ether oxygens (including phenoxy) is 2. The molecule has 0 aromatic heterocycles. The second kappa shape index (κ2) is 8.24. The number of amides is 2. The van der Waals surface area contributed by atoms with Crippen molar-refractivity contribution in [3.63, 3.8) is 0 Å². The highest BCUT2D eigenvalue weighted by Crippen LogP contribution is 2.29. The standard InChI is InChI=1S/C17H23N3O6/c1-5-15(21)24-10-12-6-7-14(25-12)20(4)9-8-13(18-17(20)23)19-26-16(22)11(2)3/h5,8-9,11-12,14H,1,6-7,10H2,2-4H3/p+1/t12-,14+,20?/m0/s1. The fourth-order valence-electron chi connectivity index (χ4n) is 2.48. The molecular weight excluding hydrogens is 342 g/mol. The van der Waals surface area contributed by atoms with Crippen molar-refractivity contribution < 1.29 is 33.2 Å². The van der Waals surface area contributed by atoms with Crippen LogP contribution in [0.2, 0.25) is 0 Å². The average Bonchev–Trinajstić information content (AvgIpc) is 3.10. The molecule has 0 spiro atoms. The number of carbonyl (C=O) groups excluding carboxylic acids is 3. The summed E-state index contributed by atoms with van der Waals surface area (Å²) in [5.41, 5.74) is 0. The van der Waals surface area contributed by atoms with Crippen molar-refractivity contribution in [2.24, 2.45) is 11.1 Å². The lowest BCUT2D eigenvalue weighted by Gasteiger charge is -2.34. The molecule has 2 amide bonds. The molecule has 0 aromatic rings. The second-order valence-electron chi connectivity index (χ2n) is 6.56. The Hall–Kier alpha value is -2.52. The molecule has 9 nitrogen and oxygen atoms in total. The lowest BCUT2D eigenvalue weighted by atomic mass is 10.2.